The van der Waals surface area contributed by atoms with Crippen molar-refractivity contribution in [2.24, 2.45) is 0 Å². The molecule has 17 heavy (non-hydrogen) atoms. The summed E-state index contributed by atoms with van der Waals surface area (Å²) in [7, 11) is 0. The van der Waals surface area contributed by atoms with Crippen molar-refractivity contribution in [2.45, 2.75) is 13.3 Å². The lowest BCUT2D eigenvalue weighted by Gasteiger charge is -1.98. The second-order valence-electron chi connectivity index (χ2n) is 4.24. The van der Waals surface area contributed by atoms with Gasteiger partial charge in [0.25, 0.3) is 0 Å². The molecule has 1 aromatic carbocycles. The summed E-state index contributed by atoms with van der Waals surface area (Å²) in [4.78, 5) is 12.3. The van der Waals surface area contributed by atoms with Crippen LogP contribution in [-0.4, -0.2) is 0 Å². The summed E-state index contributed by atoms with van der Waals surface area (Å²) < 4.78 is 5.77. The van der Waals surface area contributed by atoms with Crippen LogP contribution in [-0.2, 0) is 0 Å². The first-order valence-corrected chi connectivity index (χ1v) is 5.66. The van der Waals surface area contributed by atoms with E-state index in [-0.39, 0.29) is 5.43 Å². The highest BCUT2D eigenvalue weighted by atomic mass is 16.3. The minimum atomic E-state index is 0.0488. The number of benzene rings is 1. The third kappa shape index (κ3) is 1.62. The normalized spacial score (nSPS) is 13.7. The second kappa shape index (κ2) is 3.74. The third-order valence-electron chi connectivity index (χ3n) is 2.95. The maximum atomic E-state index is 12.3. The highest BCUT2D eigenvalue weighted by Gasteiger charge is 2.04. The Morgan fingerprint density at radius 2 is 2.18 bits per heavy atom. The van der Waals surface area contributed by atoms with Crippen molar-refractivity contribution in [3.05, 3.63) is 56.8 Å². The lowest BCUT2D eigenvalue weighted by Crippen LogP contribution is -2.38. The molecular formula is C15H12O2. The van der Waals surface area contributed by atoms with Gasteiger partial charge in [0.1, 0.15) is 11.0 Å². The molecule has 2 aromatic rings. The molecule has 0 atom stereocenters. The van der Waals surface area contributed by atoms with E-state index in [0.29, 0.717) is 21.6 Å². The van der Waals surface area contributed by atoms with Crippen molar-refractivity contribution in [1.82, 2.24) is 0 Å². The molecule has 2 nitrogen and oxygen atoms in total. The summed E-state index contributed by atoms with van der Waals surface area (Å²) in [6.45, 7) is 1.97. The molecule has 84 valence electrons. The van der Waals surface area contributed by atoms with Gasteiger partial charge in [-0.25, -0.2) is 0 Å². The molecular weight excluding hydrogens is 212 g/mol. The summed E-state index contributed by atoms with van der Waals surface area (Å²) in [5.74, 6) is 0. The second-order valence-corrected chi connectivity index (χ2v) is 4.24. The molecule has 0 saturated heterocycles. The molecule has 0 spiro atoms. The number of fused-ring (bicyclic) bond motifs is 2. The summed E-state index contributed by atoms with van der Waals surface area (Å²) in [5, 5.41) is 1.31. The fourth-order valence-corrected chi connectivity index (χ4v) is 2.07. The van der Waals surface area contributed by atoms with E-state index in [2.05, 4.69) is 0 Å². The molecule has 1 aliphatic rings. The van der Waals surface area contributed by atoms with Crippen molar-refractivity contribution >= 4 is 23.1 Å². The van der Waals surface area contributed by atoms with Crippen LogP contribution in [0.5, 0.6) is 0 Å². The van der Waals surface area contributed by atoms with Gasteiger partial charge >= 0.3 is 0 Å². The van der Waals surface area contributed by atoms with Gasteiger partial charge in [0, 0.05) is 0 Å². The molecule has 0 bridgehead atoms. The zero-order valence-electron chi connectivity index (χ0n) is 9.57. The molecule has 0 radical (unpaired) electrons. The largest absolute Gasteiger partial charge is 0.456 e. The quantitative estimate of drug-likeness (QED) is 0.680. The molecule has 0 amide bonds. The number of aryl methyl sites for hydroxylation is 1. The van der Waals surface area contributed by atoms with E-state index in [9.17, 15) is 4.79 Å². The molecule has 3 rings (SSSR count). The summed E-state index contributed by atoms with van der Waals surface area (Å²) in [6, 6.07) is 5.69. The first-order valence-electron chi connectivity index (χ1n) is 5.66. The SMILES string of the molecule is Cc1ccc2oc3c(c(=O)c2c1)=CC=CCC=3. The van der Waals surface area contributed by atoms with Crippen molar-refractivity contribution < 1.29 is 4.42 Å². The lowest BCUT2D eigenvalue weighted by atomic mass is 10.1. The Balaban J connectivity index is 2.59. The van der Waals surface area contributed by atoms with Crippen LogP contribution in [0.2, 0.25) is 0 Å². The van der Waals surface area contributed by atoms with Crippen molar-refractivity contribution in [3.63, 3.8) is 0 Å². The van der Waals surface area contributed by atoms with E-state index in [4.69, 9.17) is 4.42 Å². The molecule has 2 heteroatoms. The molecule has 1 aromatic heterocycles. The number of hydrogen-bond donors (Lipinski definition) is 0. The van der Waals surface area contributed by atoms with E-state index < -0.39 is 0 Å². The van der Waals surface area contributed by atoms with E-state index >= 15 is 0 Å². The minimum Gasteiger partial charge on any atom is -0.456 e. The smallest absolute Gasteiger partial charge is 0.200 e. The van der Waals surface area contributed by atoms with Crippen LogP contribution < -0.4 is 16.1 Å². The van der Waals surface area contributed by atoms with E-state index in [1.165, 1.54) is 0 Å². The molecule has 1 heterocycles. The monoisotopic (exact) mass is 224 g/mol. The number of hydrogen-bond acceptors (Lipinski definition) is 2. The predicted molar refractivity (Wildman–Crippen MR) is 69.2 cm³/mol. The van der Waals surface area contributed by atoms with E-state index in [0.717, 1.165) is 12.0 Å². The van der Waals surface area contributed by atoms with Crippen LogP contribution >= 0.6 is 0 Å². The van der Waals surface area contributed by atoms with Gasteiger partial charge in [-0.15, -0.1) is 0 Å². The van der Waals surface area contributed by atoms with Crippen LogP contribution in [0.1, 0.15) is 12.0 Å². The molecule has 0 N–H and O–H groups in total. The Kier molecular flexibility index (Phi) is 2.22. The van der Waals surface area contributed by atoms with Crippen LogP contribution in [0.4, 0.5) is 0 Å². The van der Waals surface area contributed by atoms with E-state index in [1.54, 1.807) is 0 Å². The van der Waals surface area contributed by atoms with Gasteiger partial charge < -0.3 is 4.42 Å². The van der Waals surface area contributed by atoms with Gasteiger partial charge in [0.2, 0.25) is 5.43 Å². The van der Waals surface area contributed by atoms with Gasteiger partial charge in [-0.3, -0.25) is 4.79 Å². The molecule has 0 fully saturated rings. The predicted octanol–water partition coefficient (Wildman–Crippen LogP) is 1.62. The zero-order chi connectivity index (χ0) is 11.8. The third-order valence-corrected chi connectivity index (χ3v) is 2.95. The molecule has 0 aliphatic heterocycles. The van der Waals surface area contributed by atoms with Gasteiger partial charge in [-0.2, -0.15) is 0 Å². The Morgan fingerprint density at radius 1 is 1.29 bits per heavy atom. The van der Waals surface area contributed by atoms with Crippen molar-refractivity contribution in [2.75, 3.05) is 0 Å². The van der Waals surface area contributed by atoms with Gasteiger partial charge in [0.05, 0.1) is 10.6 Å². The zero-order valence-corrected chi connectivity index (χ0v) is 9.57. The first kappa shape index (κ1) is 10.1. The lowest BCUT2D eigenvalue weighted by molar-refractivity contribution is 0.557. The van der Waals surface area contributed by atoms with Gasteiger partial charge in [-0.05, 0) is 37.6 Å². The molecule has 0 saturated carbocycles. The number of rotatable bonds is 0. The summed E-state index contributed by atoms with van der Waals surface area (Å²) in [5.41, 5.74) is 2.45. The van der Waals surface area contributed by atoms with Crippen molar-refractivity contribution in [1.29, 1.82) is 0 Å². The van der Waals surface area contributed by atoms with Crippen LogP contribution in [0.15, 0.2) is 39.6 Å². The topological polar surface area (TPSA) is 30.2 Å². The summed E-state index contributed by atoms with van der Waals surface area (Å²) in [6.07, 6.45) is 8.47. The fraction of sp³-hybridized carbons (Fsp3) is 0.133. The fourth-order valence-electron chi connectivity index (χ4n) is 2.07. The average Bonchev–Trinajstić information content (AvgIpc) is 2.56. The summed E-state index contributed by atoms with van der Waals surface area (Å²) >= 11 is 0. The molecule has 0 unspecified atom stereocenters. The highest BCUT2D eigenvalue weighted by molar-refractivity contribution is 5.77. The van der Waals surface area contributed by atoms with Crippen LogP contribution in [0.3, 0.4) is 0 Å². The van der Waals surface area contributed by atoms with Gasteiger partial charge in [0.15, 0.2) is 0 Å². The van der Waals surface area contributed by atoms with Crippen LogP contribution in [0.25, 0.3) is 23.1 Å². The van der Waals surface area contributed by atoms with Crippen LogP contribution in [0, 0.1) is 6.92 Å². The minimum absolute atomic E-state index is 0.0488. The Labute approximate surface area is 98.2 Å². The number of allylic oxidation sites excluding steroid dienone is 2. The standard InChI is InChI=1S/C15H12O2/c1-10-7-8-14-12(9-10)15(16)11-5-3-2-4-6-13(11)17-14/h2-3,5-9H,4H2,1H3. The van der Waals surface area contributed by atoms with Crippen molar-refractivity contribution in [3.8, 4) is 0 Å². The molecule has 1 aliphatic carbocycles. The highest BCUT2D eigenvalue weighted by Crippen LogP contribution is 2.09. The first-order chi connectivity index (χ1) is 8.25. The Morgan fingerprint density at radius 3 is 3.06 bits per heavy atom. The Bertz CT molecular complexity index is 792. The maximum Gasteiger partial charge on any atom is 0.200 e. The Hall–Kier alpha value is -2.09. The average molecular weight is 224 g/mol. The van der Waals surface area contributed by atoms with Gasteiger partial charge in [-0.1, -0.05) is 23.8 Å². The van der Waals surface area contributed by atoms with E-state index in [1.807, 2.05) is 49.4 Å². The maximum absolute atomic E-state index is 12.3.